The van der Waals surface area contributed by atoms with Gasteiger partial charge in [0, 0.05) is 29.8 Å². The van der Waals surface area contributed by atoms with Gasteiger partial charge in [0.05, 0.1) is 31.5 Å². The maximum Gasteiger partial charge on any atom is 0.174 e. The Bertz CT molecular complexity index is 760. The first-order chi connectivity index (χ1) is 11.7. The van der Waals surface area contributed by atoms with E-state index in [4.69, 9.17) is 19.9 Å². The molecular formula is C18H21FN2O3. The maximum absolute atomic E-state index is 14.7. The number of benzene rings is 1. The first kappa shape index (κ1) is 15.6. The number of halogens is 1. The molecule has 1 aromatic heterocycles. The molecule has 24 heavy (non-hydrogen) atoms. The number of aromatic nitrogens is 1. The third-order valence-electron chi connectivity index (χ3n) is 4.88. The van der Waals surface area contributed by atoms with Crippen molar-refractivity contribution in [3.05, 3.63) is 29.7 Å². The number of hydrogen-bond donors (Lipinski definition) is 1. The zero-order valence-corrected chi connectivity index (χ0v) is 13.6. The normalized spacial score (nSPS) is 26.2. The molecule has 0 radical (unpaired) electrons. The second-order valence-corrected chi connectivity index (χ2v) is 6.55. The quantitative estimate of drug-likeness (QED) is 0.936. The van der Waals surface area contributed by atoms with Crippen LogP contribution >= 0.6 is 0 Å². The molecule has 1 saturated heterocycles. The van der Waals surface area contributed by atoms with Crippen molar-refractivity contribution in [2.24, 2.45) is 5.73 Å². The molecule has 5 nitrogen and oxygen atoms in total. The van der Waals surface area contributed by atoms with E-state index < -0.39 is 0 Å². The summed E-state index contributed by atoms with van der Waals surface area (Å²) in [5.41, 5.74) is 7.35. The molecule has 1 unspecified atom stereocenters. The number of nitrogens with two attached hydrogens (primary N) is 1. The van der Waals surface area contributed by atoms with Crippen molar-refractivity contribution < 1.29 is 18.6 Å². The van der Waals surface area contributed by atoms with Crippen molar-refractivity contribution in [3.8, 4) is 11.5 Å². The van der Waals surface area contributed by atoms with Crippen LogP contribution in [0.3, 0.4) is 0 Å². The van der Waals surface area contributed by atoms with Crippen molar-refractivity contribution in [1.29, 1.82) is 0 Å². The van der Waals surface area contributed by atoms with Gasteiger partial charge in [0.2, 0.25) is 0 Å². The molecule has 2 N–H and O–H groups in total. The Morgan fingerprint density at radius 2 is 2.21 bits per heavy atom. The Labute approximate surface area is 139 Å². The average molecular weight is 332 g/mol. The van der Waals surface area contributed by atoms with E-state index in [0.717, 1.165) is 24.8 Å². The molecule has 2 aromatic rings. The molecule has 0 bridgehead atoms. The summed E-state index contributed by atoms with van der Waals surface area (Å²) < 4.78 is 31.6. The number of pyridine rings is 1. The van der Waals surface area contributed by atoms with Crippen LogP contribution in [0, 0.1) is 5.82 Å². The van der Waals surface area contributed by atoms with E-state index in [9.17, 15) is 4.39 Å². The van der Waals surface area contributed by atoms with Gasteiger partial charge in [0.1, 0.15) is 11.9 Å². The van der Waals surface area contributed by atoms with Gasteiger partial charge >= 0.3 is 0 Å². The third-order valence-corrected chi connectivity index (χ3v) is 4.88. The van der Waals surface area contributed by atoms with Crippen LogP contribution < -0.4 is 15.2 Å². The number of hydrogen-bond acceptors (Lipinski definition) is 5. The smallest absolute Gasteiger partial charge is 0.174 e. The molecule has 0 aliphatic carbocycles. The molecule has 6 heteroatoms. The van der Waals surface area contributed by atoms with Crippen molar-refractivity contribution in [2.75, 3.05) is 13.7 Å². The molecule has 1 aromatic carbocycles. The van der Waals surface area contributed by atoms with Gasteiger partial charge in [-0.15, -0.1) is 0 Å². The number of ether oxygens (including phenoxy) is 3. The van der Waals surface area contributed by atoms with E-state index in [0.29, 0.717) is 29.7 Å². The summed E-state index contributed by atoms with van der Waals surface area (Å²) in [5.74, 6) is 0.515. The Balaban J connectivity index is 1.58. The highest BCUT2D eigenvalue weighted by Crippen LogP contribution is 2.38. The second-order valence-electron chi connectivity index (χ2n) is 6.55. The van der Waals surface area contributed by atoms with Crippen molar-refractivity contribution in [3.63, 3.8) is 0 Å². The largest absolute Gasteiger partial charge is 0.494 e. The van der Waals surface area contributed by atoms with Crippen LogP contribution in [-0.2, 0) is 11.2 Å². The van der Waals surface area contributed by atoms with Gasteiger partial charge in [-0.3, -0.25) is 4.98 Å². The third kappa shape index (κ3) is 2.70. The fraction of sp³-hybridized carbons (Fsp3) is 0.500. The lowest BCUT2D eigenvalue weighted by Gasteiger charge is -2.28. The predicted molar refractivity (Wildman–Crippen MR) is 87.9 cm³/mol. The minimum atomic E-state index is -0.372. The van der Waals surface area contributed by atoms with E-state index >= 15 is 0 Å². The predicted octanol–water partition coefficient (Wildman–Crippen LogP) is 2.58. The van der Waals surface area contributed by atoms with Gasteiger partial charge in [0.15, 0.2) is 11.6 Å². The lowest BCUT2D eigenvalue weighted by molar-refractivity contribution is -0.0161. The van der Waals surface area contributed by atoms with E-state index in [-0.39, 0.29) is 29.8 Å². The maximum atomic E-state index is 14.7. The highest BCUT2D eigenvalue weighted by Gasteiger charge is 2.31. The summed E-state index contributed by atoms with van der Waals surface area (Å²) in [6, 6.07) is 3.51. The Kier molecular flexibility index (Phi) is 4.02. The summed E-state index contributed by atoms with van der Waals surface area (Å²) in [4.78, 5) is 4.31. The first-order valence-electron chi connectivity index (χ1n) is 8.33. The Morgan fingerprint density at radius 3 is 2.96 bits per heavy atom. The molecule has 0 amide bonds. The van der Waals surface area contributed by atoms with Crippen molar-refractivity contribution in [2.45, 2.75) is 43.9 Å². The minimum Gasteiger partial charge on any atom is -0.494 e. The van der Waals surface area contributed by atoms with E-state index in [1.807, 2.05) is 0 Å². The number of fused-ring (bicyclic) bond motifs is 3. The molecule has 0 spiro atoms. The van der Waals surface area contributed by atoms with Gasteiger partial charge in [0.25, 0.3) is 0 Å². The van der Waals surface area contributed by atoms with Crippen LogP contribution in [-0.4, -0.2) is 37.0 Å². The fourth-order valence-corrected chi connectivity index (χ4v) is 3.62. The summed E-state index contributed by atoms with van der Waals surface area (Å²) in [5, 5.41) is 0.501. The van der Waals surface area contributed by atoms with Crippen LogP contribution in [0.1, 0.15) is 24.8 Å². The second kappa shape index (κ2) is 6.18. The highest BCUT2D eigenvalue weighted by atomic mass is 19.1. The van der Waals surface area contributed by atoms with E-state index in [2.05, 4.69) is 4.98 Å². The number of methoxy groups -OCH3 is 1. The molecule has 0 saturated carbocycles. The summed E-state index contributed by atoms with van der Waals surface area (Å²) in [7, 11) is 1.46. The molecule has 3 atom stereocenters. The molecule has 2 aliphatic heterocycles. The van der Waals surface area contributed by atoms with Gasteiger partial charge in [-0.2, -0.15) is 0 Å². The monoisotopic (exact) mass is 332 g/mol. The minimum absolute atomic E-state index is 0.0164. The molecule has 1 fully saturated rings. The van der Waals surface area contributed by atoms with Crippen LogP contribution in [0.5, 0.6) is 11.5 Å². The zero-order valence-electron chi connectivity index (χ0n) is 13.6. The summed E-state index contributed by atoms with van der Waals surface area (Å²) in [6.07, 6.45) is 5.18. The Hall–Kier alpha value is -1.92. The molecule has 3 heterocycles. The lowest BCUT2D eigenvalue weighted by atomic mass is 9.97. The van der Waals surface area contributed by atoms with Crippen molar-refractivity contribution >= 4 is 10.9 Å². The van der Waals surface area contributed by atoms with Crippen LogP contribution in [0.4, 0.5) is 4.39 Å². The summed E-state index contributed by atoms with van der Waals surface area (Å²) in [6.45, 7) is 0.598. The van der Waals surface area contributed by atoms with Crippen LogP contribution in [0.2, 0.25) is 0 Å². The van der Waals surface area contributed by atoms with Gasteiger partial charge in [-0.05, 0) is 25.0 Å². The van der Waals surface area contributed by atoms with Crippen LogP contribution in [0.25, 0.3) is 10.9 Å². The topological polar surface area (TPSA) is 66.6 Å². The van der Waals surface area contributed by atoms with E-state index in [1.165, 1.54) is 7.11 Å². The highest BCUT2D eigenvalue weighted by molar-refractivity contribution is 5.86. The molecular weight excluding hydrogens is 311 g/mol. The van der Waals surface area contributed by atoms with Crippen molar-refractivity contribution in [1.82, 2.24) is 4.98 Å². The summed E-state index contributed by atoms with van der Waals surface area (Å²) >= 11 is 0. The fourth-order valence-electron chi connectivity index (χ4n) is 3.62. The molecule has 2 aliphatic rings. The standard InChI is InChI=1S/C18H21FN2O3/c1-22-15-5-4-14-17(18(15)19)13-7-12(24-16(13)8-21-14)6-11-3-2-10(20)9-23-11/h4-5,8,10-12H,2-3,6-7,9,20H2,1H3/t10-,11+,12?/m1/s1. The number of nitrogens with zero attached hydrogens (tertiary/aromatic N) is 1. The molecule has 4 rings (SSSR count). The first-order valence-corrected chi connectivity index (χ1v) is 8.33. The van der Waals surface area contributed by atoms with Crippen LogP contribution in [0.15, 0.2) is 18.3 Å². The average Bonchev–Trinajstić information content (AvgIpc) is 2.99. The van der Waals surface area contributed by atoms with Gasteiger partial charge in [-0.1, -0.05) is 0 Å². The molecule has 128 valence electrons. The van der Waals surface area contributed by atoms with Gasteiger partial charge < -0.3 is 19.9 Å². The van der Waals surface area contributed by atoms with E-state index in [1.54, 1.807) is 18.3 Å². The number of rotatable bonds is 3. The SMILES string of the molecule is COc1ccc2ncc3c(c2c1F)CC(C[C@@H]1CC[C@@H](N)CO1)O3. The Morgan fingerprint density at radius 1 is 1.33 bits per heavy atom. The zero-order chi connectivity index (χ0) is 16.7. The van der Waals surface area contributed by atoms with Gasteiger partial charge in [-0.25, -0.2) is 4.39 Å². The lowest BCUT2D eigenvalue weighted by Crippen LogP contribution is -2.37.